The molecule has 62 heavy (non-hydrogen) atoms. The molecule has 4 N–H and O–H groups in total. The number of aliphatic hydroxyl groups is 2. The van der Waals surface area contributed by atoms with Crippen LogP contribution in [-0.2, 0) is 35.3 Å². The van der Waals surface area contributed by atoms with Crippen LogP contribution in [0.3, 0.4) is 0 Å². The van der Waals surface area contributed by atoms with Crippen LogP contribution in [-0.4, -0.2) is 91.4 Å². The van der Waals surface area contributed by atoms with E-state index in [0.29, 0.717) is 35.7 Å². The first-order valence-corrected chi connectivity index (χ1v) is 23.5. The van der Waals surface area contributed by atoms with Gasteiger partial charge in [0.25, 0.3) is 0 Å². The lowest BCUT2D eigenvalue weighted by Gasteiger charge is -2.23. The average molecular weight is 883 g/mol. The van der Waals surface area contributed by atoms with Gasteiger partial charge in [0.15, 0.2) is 0 Å². The Morgan fingerprint density at radius 2 is 1.00 bits per heavy atom. The number of benzene rings is 2. The second-order valence-electron chi connectivity index (χ2n) is 16.5. The molecule has 2 aliphatic heterocycles. The number of rotatable bonds is 22. The van der Waals surface area contributed by atoms with Crippen molar-refractivity contribution in [1.29, 1.82) is 0 Å². The van der Waals surface area contributed by atoms with Gasteiger partial charge in [0.1, 0.15) is 9.75 Å². The molecule has 6 rings (SSSR count). The maximum atomic E-state index is 12.3. The van der Waals surface area contributed by atoms with E-state index in [0.717, 1.165) is 74.0 Å². The molecule has 0 unspecified atom stereocenters. The van der Waals surface area contributed by atoms with Gasteiger partial charge in [-0.25, -0.2) is 9.59 Å². The minimum atomic E-state index is -0.896. The Balaban J connectivity index is 0.000000234. The molecule has 10 nitrogen and oxygen atoms in total. The van der Waals surface area contributed by atoms with Crippen molar-refractivity contribution in [2.24, 2.45) is 11.8 Å². The number of hydrogen-bond donors (Lipinski definition) is 4. The van der Waals surface area contributed by atoms with Gasteiger partial charge in [0.2, 0.25) is 11.8 Å². The molecule has 2 aromatic carbocycles. The number of carbonyl (C=O) groups excluding carboxylic acids is 2. The molecule has 2 amide bonds. The summed E-state index contributed by atoms with van der Waals surface area (Å²) in [6, 6.07) is 27.6. The number of aliphatic hydroxyl groups excluding tert-OH is 2. The van der Waals surface area contributed by atoms with Crippen LogP contribution in [0.5, 0.6) is 0 Å². The van der Waals surface area contributed by atoms with E-state index in [1.807, 2.05) is 82.6 Å². The van der Waals surface area contributed by atoms with E-state index in [4.69, 9.17) is 10.2 Å². The fourth-order valence-electron chi connectivity index (χ4n) is 7.88. The molecule has 2 saturated heterocycles. The van der Waals surface area contributed by atoms with E-state index in [1.54, 1.807) is 12.1 Å². The quantitative estimate of drug-likeness (QED) is 0.0570. The van der Waals surface area contributed by atoms with Gasteiger partial charge >= 0.3 is 11.9 Å². The van der Waals surface area contributed by atoms with Crippen molar-refractivity contribution >= 4 is 46.4 Å². The molecule has 12 heteroatoms. The summed E-state index contributed by atoms with van der Waals surface area (Å²) < 4.78 is 0. The number of aryl methyl sites for hydroxylation is 4. The summed E-state index contributed by atoms with van der Waals surface area (Å²) in [6.45, 7) is 5.41. The molecule has 0 bridgehead atoms. The van der Waals surface area contributed by atoms with E-state index in [9.17, 15) is 29.4 Å². The monoisotopic (exact) mass is 882 g/mol. The number of carboxylic acid groups (broad SMARTS) is 2. The molecule has 0 radical (unpaired) electrons. The van der Waals surface area contributed by atoms with Gasteiger partial charge in [-0.2, -0.15) is 0 Å². The minimum absolute atomic E-state index is 0.0291. The summed E-state index contributed by atoms with van der Waals surface area (Å²) in [5.74, 6) is -1.20. The molecule has 6 atom stereocenters. The van der Waals surface area contributed by atoms with Crippen molar-refractivity contribution in [2.75, 3.05) is 13.1 Å². The third-order valence-electron chi connectivity index (χ3n) is 11.8. The Morgan fingerprint density at radius 1 is 0.613 bits per heavy atom. The zero-order valence-electron chi connectivity index (χ0n) is 35.9. The van der Waals surface area contributed by atoms with Crippen LogP contribution < -0.4 is 0 Å². The Bertz CT molecular complexity index is 1930. The van der Waals surface area contributed by atoms with Gasteiger partial charge in [-0.05, 0) is 111 Å². The number of nitrogens with zero attached hydrogens (tertiary/aromatic N) is 2. The Hall–Kier alpha value is -4.88. The number of hydrogen-bond acceptors (Lipinski definition) is 8. The molecule has 2 fully saturated rings. The number of carbonyl (C=O) groups is 4. The summed E-state index contributed by atoms with van der Waals surface area (Å²) in [5.41, 5.74) is 2.55. The zero-order valence-corrected chi connectivity index (χ0v) is 37.5. The standard InChI is InChI=1S/2C25H31NO4S/c2*1-18(9-10-19-6-3-2-4-7-19)22(27)14-11-20-12-16-24(28)26(20)17-5-8-21-13-15-23(31-21)25(29)30/h2*2-4,6-7,11,13-15,18,20,22,27H,5,8-10,12,16-17H2,1H3,(H,29,30)/b2*14-11+/t18-,20+,22+;18-,20+,22-/m11/s1. The Morgan fingerprint density at radius 3 is 1.35 bits per heavy atom. The molecule has 332 valence electrons. The van der Waals surface area contributed by atoms with E-state index in [-0.39, 0.29) is 35.7 Å². The number of aromatic carboxylic acids is 2. The maximum absolute atomic E-state index is 12.3. The van der Waals surface area contributed by atoms with Crippen LogP contribution in [0.25, 0.3) is 0 Å². The van der Waals surface area contributed by atoms with Gasteiger partial charge in [-0.3, -0.25) is 9.59 Å². The molecular formula is C50H62N2O8S2. The second-order valence-corrected chi connectivity index (χ2v) is 18.8. The SMILES string of the molecule is C[C@H](CCc1ccccc1)[C@@H](O)/C=C/[C@H]1CCC(=O)N1CCCc1ccc(C(=O)O)s1.C[C@H](CCc1ccccc1)[C@H](O)/C=C/[C@H]1CCC(=O)N1CCCc1ccc(C(=O)O)s1. The number of amides is 2. The number of thiophene rings is 2. The first-order valence-electron chi connectivity index (χ1n) is 21.9. The Labute approximate surface area is 374 Å². The van der Waals surface area contributed by atoms with Gasteiger partial charge in [-0.15, -0.1) is 22.7 Å². The molecule has 4 aromatic rings. The summed E-state index contributed by atoms with van der Waals surface area (Å²) in [6.07, 6.45) is 16.1. The molecule has 2 aliphatic rings. The van der Waals surface area contributed by atoms with Gasteiger partial charge in [0, 0.05) is 35.7 Å². The summed E-state index contributed by atoms with van der Waals surface area (Å²) in [7, 11) is 0. The highest BCUT2D eigenvalue weighted by atomic mass is 32.1. The average Bonchev–Trinajstić information content (AvgIpc) is 4.10. The van der Waals surface area contributed by atoms with Crippen molar-refractivity contribution in [1.82, 2.24) is 9.80 Å². The predicted molar refractivity (Wildman–Crippen MR) is 247 cm³/mol. The lowest BCUT2D eigenvalue weighted by Crippen LogP contribution is -2.33. The minimum Gasteiger partial charge on any atom is -0.477 e. The van der Waals surface area contributed by atoms with Crippen LogP contribution in [0.1, 0.15) is 105 Å². The van der Waals surface area contributed by atoms with E-state index >= 15 is 0 Å². The number of carboxylic acids is 2. The van der Waals surface area contributed by atoms with Crippen molar-refractivity contribution < 1.29 is 39.6 Å². The van der Waals surface area contributed by atoms with Crippen molar-refractivity contribution in [3.63, 3.8) is 0 Å². The van der Waals surface area contributed by atoms with Crippen molar-refractivity contribution in [3.05, 3.63) is 140 Å². The van der Waals surface area contributed by atoms with Gasteiger partial charge in [-0.1, -0.05) is 98.8 Å². The number of likely N-dealkylation sites (tertiary alicyclic amines) is 2. The second kappa shape index (κ2) is 24.7. The van der Waals surface area contributed by atoms with Crippen molar-refractivity contribution in [2.45, 2.75) is 115 Å². The predicted octanol–water partition coefficient (Wildman–Crippen LogP) is 9.11. The van der Waals surface area contributed by atoms with Crippen LogP contribution in [0.15, 0.2) is 109 Å². The molecule has 2 aromatic heterocycles. The first-order chi connectivity index (χ1) is 29.9. The summed E-state index contributed by atoms with van der Waals surface area (Å²) in [4.78, 5) is 53.2. The molecule has 4 heterocycles. The van der Waals surface area contributed by atoms with E-state index in [1.165, 1.54) is 33.8 Å². The van der Waals surface area contributed by atoms with Gasteiger partial charge < -0.3 is 30.2 Å². The van der Waals surface area contributed by atoms with E-state index in [2.05, 4.69) is 38.1 Å². The molecular weight excluding hydrogens is 821 g/mol. The normalized spacial score (nSPS) is 18.6. The highest BCUT2D eigenvalue weighted by molar-refractivity contribution is 7.14. The lowest BCUT2D eigenvalue weighted by molar-refractivity contribution is -0.129. The smallest absolute Gasteiger partial charge is 0.345 e. The first kappa shape index (κ1) is 48.2. The Kier molecular flexibility index (Phi) is 19.2. The molecule has 0 spiro atoms. The van der Waals surface area contributed by atoms with Crippen LogP contribution in [0.4, 0.5) is 0 Å². The fourth-order valence-corrected chi connectivity index (χ4v) is 9.65. The largest absolute Gasteiger partial charge is 0.477 e. The third kappa shape index (κ3) is 15.2. The summed E-state index contributed by atoms with van der Waals surface area (Å²) in [5, 5.41) is 39.1. The molecule has 0 aliphatic carbocycles. The topological polar surface area (TPSA) is 156 Å². The third-order valence-corrected chi connectivity index (χ3v) is 14.1. The lowest BCUT2D eigenvalue weighted by atomic mass is 9.95. The highest BCUT2D eigenvalue weighted by Crippen LogP contribution is 2.26. The van der Waals surface area contributed by atoms with Crippen LogP contribution in [0, 0.1) is 11.8 Å². The van der Waals surface area contributed by atoms with Crippen LogP contribution >= 0.6 is 22.7 Å². The van der Waals surface area contributed by atoms with Gasteiger partial charge in [0.05, 0.1) is 24.3 Å². The highest BCUT2D eigenvalue weighted by Gasteiger charge is 2.30. The molecule has 0 saturated carbocycles. The summed E-state index contributed by atoms with van der Waals surface area (Å²) >= 11 is 2.59. The van der Waals surface area contributed by atoms with Crippen LogP contribution in [0.2, 0.25) is 0 Å². The maximum Gasteiger partial charge on any atom is 0.345 e. The van der Waals surface area contributed by atoms with Crippen molar-refractivity contribution in [3.8, 4) is 0 Å². The van der Waals surface area contributed by atoms with E-state index < -0.39 is 24.1 Å². The fraction of sp³-hybridized carbons (Fsp3) is 0.440. The zero-order chi connectivity index (χ0) is 44.4.